The van der Waals surface area contributed by atoms with Gasteiger partial charge in [-0.05, 0) is 47.9 Å². The van der Waals surface area contributed by atoms with Gasteiger partial charge < -0.3 is 14.6 Å². The number of amides is 1. The van der Waals surface area contributed by atoms with E-state index in [9.17, 15) is 14.4 Å². The highest BCUT2D eigenvalue weighted by atomic mass is 16.5. The molecule has 0 spiro atoms. The fraction of sp³-hybridized carbons (Fsp3) is 0.192. The summed E-state index contributed by atoms with van der Waals surface area (Å²) in [7, 11) is 0. The number of hydrogen-bond acceptors (Lipinski definition) is 4. The standard InChI is InChI=1S/C26H24N2O4/c1-17(2)18-11-13-19(14-12-18)27-24(29)16-32-25(30)15-28-22-9-5-3-7-20(22)26(31)21-8-4-6-10-23(21)28/h3-14,17H,15-16H2,1-2H3,(H,27,29). The number of esters is 1. The summed E-state index contributed by atoms with van der Waals surface area (Å²) in [6, 6.07) is 21.9. The van der Waals surface area contributed by atoms with Crippen LogP contribution in [0.2, 0.25) is 0 Å². The average molecular weight is 428 g/mol. The molecule has 6 heteroatoms. The Labute approximate surface area is 185 Å². The van der Waals surface area contributed by atoms with Crippen molar-refractivity contribution in [3.05, 3.63) is 88.6 Å². The Morgan fingerprint density at radius 3 is 2.00 bits per heavy atom. The lowest BCUT2D eigenvalue weighted by Gasteiger charge is -2.14. The zero-order valence-corrected chi connectivity index (χ0v) is 18.0. The molecule has 32 heavy (non-hydrogen) atoms. The predicted octanol–water partition coefficient (Wildman–Crippen LogP) is 4.46. The number of rotatable bonds is 6. The first kappa shape index (κ1) is 21.3. The maximum absolute atomic E-state index is 12.8. The lowest BCUT2D eigenvalue weighted by molar-refractivity contribution is -0.147. The summed E-state index contributed by atoms with van der Waals surface area (Å²) in [5, 5.41) is 3.79. The minimum absolute atomic E-state index is 0.0799. The number of aromatic nitrogens is 1. The summed E-state index contributed by atoms with van der Waals surface area (Å²) < 4.78 is 6.97. The van der Waals surface area contributed by atoms with Crippen LogP contribution in [0.5, 0.6) is 0 Å². The zero-order valence-electron chi connectivity index (χ0n) is 18.0. The number of hydrogen-bond donors (Lipinski definition) is 1. The molecule has 162 valence electrons. The lowest BCUT2D eigenvalue weighted by atomic mass is 10.0. The molecule has 4 rings (SSSR count). The van der Waals surface area contributed by atoms with Gasteiger partial charge >= 0.3 is 5.97 Å². The Hall–Kier alpha value is -3.93. The van der Waals surface area contributed by atoms with Crippen LogP contribution >= 0.6 is 0 Å². The topological polar surface area (TPSA) is 77.4 Å². The zero-order chi connectivity index (χ0) is 22.7. The maximum Gasteiger partial charge on any atom is 0.326 e. The monoisotopic (exact) mass is 428 g/mol. The number of pyridine rings is 1. The molecule has 6 nitrogen and oxygen atoms in total. The fourth-order valence-electron chi connectivity index (χ4n) is 3.72. The van der Waals surface area contributed by atoms with Crippen LogP contribution in [0.15, 0.2) is 77.6 Å². The molecule has 0 fully saturated rings. The molecule has 0 radical (unpaired) electrons. The Balaban J connectivity index is 1.48. The van der Waals surface area contributed by atoms with Crippen LogP contribution in [0.4, 0.5) is 5.69 Å². The summed E-state index contributed by atoms with van der Waals surface area (Å²) in [6.45, 7) is 3.70. The van der Waals surface area contributed by atoms with Crippen molar-refractivity contribution in [1.29, 1.82) is 0 Å². The average Bonchev–Trinajstić information content (AvgIpc) is 2.81. The SMILES string of the molecule is CC(C)c1ccc(NC(=O)COC(=O)Cn2c3ccccc3c(=O)c3ccccc32)cc1. The van der Waals surface area contributed by atoms with E-state index in [2.05, 4.69) is 19.2 Å². The minimum atomic E-state index is -0.561. The van der Waals surface area contributed by atoms with Crippen molar-refractivity contribution in [3.8, 4) is 0 Å². The van der Waals surface area contributed by atoms with Gasteiger partial charge in [0.25, 0.3) is 5.91 Å². The second-order valence-corrected chi connectivity index (χ2v) is 7.94. The first-order valence-electron chi connectivity index (χ1n) is 10.5. The third-order valence-electron chi connectivity index (χ3n) is 5.39. The van der Waals surface area contributed by atoms with E-state index in [0.717, 1.165) is 0 Å². The molecule has 1 N–H and O–H groups in total. The number of ether oxygens (including phenoxy) is 1. The molecule has 1 heterocycles. The molecule has 4 aromatic rings. The number of carbonyl (C=O) groups is 2. The molecule has 3 aromatic carbocycles. The molecular formula is C26H24N2O4. The molecule has 0 aliphatic heterocycles. The molecule has 0 aliphatic rings. The number of nitrogens with one attached hydrogen (secondary N) is 1. The van der Waals surface area contributed by atoms with Crippen LogP contribution < -0.4 is 10.7 Å². The van der Waals surface area contributed by atoms with Crippen LogP contribution in [0.1, 0.15) is 25.3 Å². The van der Waals surface area contributed by atoms with Crippen LogP contribution in [0.3, 0.4) is 0 Å². The Bertz CT molecular complexity index is 1290. The lowest BCUT2D eigenvalue weighted by Crippen LogP contribution is -2.24. The van der Waals surface area contributed by atoms with Gasteiger partial charge in [-0.1, -0.05) is 50.2 Å². The smallest absolute Gasteiger partial charge is 0.326 e. The maximum atomic E-state index is 12.8. The van der Waals surface area contributed by atoms with E-state index in [4.69, 9.17) is 4.74 Å². The summed E-state index contributed by atoms with van der Waals surface area (Å²) in [5.41, 5.74) is 3.03. The first-order chi connectivity index (χ1) is 15.4. The summed E-state index contributed by atoms with van der Waals surface area (Å²) in [6.07, 6.45) is 0. The van der Waals surface area contributed by atoms with Crippen molar-refractivity contribution < 1.29 is 14.3 Å². The summed E-state index contributed by atoms with van der Waals surface area (Å²) in [4.78, 5) is 37.6. The third-order valence-corrected chi connectivity index (χ3v) is 5.39. The van der Waals surface area contributed by atoms with Crippen molar-refractivity contribution >= 4 is 39.4 Å². The molecule has 0 saturated carbocycles. The molecule has 1 aromatic heterocycles. The first-order valence-corrected chi connectivity index (χ1v) is 10.5. The Kier molecular flexibility index (Phi) is 6.03. The highest BCUT2D eigenvalue weighted by molar-refractivity contribution is 5.95. The van der Waals surface area contributed by atoms with Gasteiger partial charge in [-0.15, -0.1) is 0 Å². The van der Waals surface area contributed by atoms with Crippen molar-refractivity contribution in [2.45, 2.75) is 26.3 Å². The number of para-hydroxylation sites is 2. The largest absolute Gasteiger partial charge is 0.454 e. The number of carbonyl (C=O) groups excluding carboxylic acids is 2. The predicted molar refractivity (Wildman–Crippen MR) is 126 cm³/mol. The quantitative estimate of drug-likeness (QED) is 0.363. The van der Waals surface area contributed by atoms with Gasteiger partial charge in [0, 0.05) is 16.5 Å². The molecule has 1 amide bonds. The normalized spacial score (nSPS) is 11.1. The van der Waals surface area contributed by atoms with Crippen molar-refractivity contribution in [1.82, 2.24) is 4.57 Å². The van der Waals surface area contributed by atoms with Gasteiger partial charge in [-0.25, -0.2) is 0 Å². The third kappa shape index (κ3) is 4.39. The number of anilines is 1. The van der Waals surface area contributed by atoms with Gasteiger partial charge in [-0.2, -0.15) is 0 Å². The molecular weight excluding hydrogens is 404 g/mol. The second kappa shape index (κ2) is 9.06. The minimum Gasteiger partial charge on any atom is -0.454 e. The van der Waals surface area contributed by atoms with Crippen LogP contribution in [-0.2, 0) is 20.9 Å². The molecule has 0 saturated heterocycles. The molecule has 0 atom stereocenters. The number of benzene rings is 3. The Morgan fingerprint density at radius 1 is 0.875 bits per heavy atom. The van der Waals surface area contributed by atoms with Gasteiger partial charge in [0.1, 0.15) is 6.54 Å². The van der Waals surface area contributed by atoms with E-state index in [0.29, 0.717) is 33.4 Å². The van der Waals surface area contributed by atoms with E-state index in [1.165, 1.54) is 5.56 Å². The van der Waals surface area contributed by atoms with E-state index < -0.39 is 11.9 Å². The summed E-state index contributed by atoms with van der Waals surface area (Å²) >= 11 is 0. The van der Waals surface area contributed by atoms with Crippen LogP contribution in [0, 0.1) is 0 Å². The number of fused-ring (bicyclic) bond motifs is 2. The van der Waals surface area contributed by atoms with Gasteiger partial charge in [0.05, 0.1) is 11.0 Å². The highest BCUT2D eigenvalue weighted by Crippen LogP contribution is 2.19. The van der Waals surface area contributed by atoms with Gasteiger partial charge in [0.15, 0.2) is 12.0 Å². The van der Waals surface area contributed by atoms with Gasteiger partial charge in [-0.3, -0.25) is 14.4 Å². The van der Waals surface area contributed by atoms with E-state index >= 15 is 0 Å². The molecule has 0 bridgehead atoms. The van der Waals surface area contributed by atoms with E-state index in [1.807, 2.05) is 36.4 Å². The fourth-order valence-corrected chi connectivity index (χ4v) is 3.72. The highest BCUT2D eigenvalue weighted by Gasteiger charge is 2.14. The van der Waals surface area contributed by atoms with Crippen LogP contribution in [0.25, 0.3) is 21.8 Å². The molecule has 0 aliphatic carbocycles. The second-order valence-electron chi connectivity index (χ2n) is 7.94. The Morgan fingerprint density at radius 2 is 1.44 bits per heavy atom. The van der Waals surface area contributed by atoms with Crippen LogP contribution in [-0.4, -0.2) is 23.1 Å². The van der Waals surface area contributed by atoms with E-state index in [-0.39, 0.29) is 18.6 Å². The number of nitrogens with zero attached hydrogens (tertiary/aromatic N) is 1. The van der Waals surface area contributed by atoms with Crippen molar-refractivity contribution in [2.24, 2.45) is 0 Å². The summed E-state index contributed by atoms with van der Waals surface area (Å²) in [5.74, 6) is -0.569. The molecule has 0 unspecified atom stereocenters. The van der Waals surface area contributed by atoms with Crippen molar-refractivity contribution in [2.75, 3.05) is 11.9 Å². The van der Waals surface area contributed by atoms with E-state index in [1.54, 1.807) is 41.0 Å². The van der Waals surface area contributed by atoms with Gasteiger partial charge in [0.2, 0.25) is 0 Å². The van der Waals surface area contributed by atoms with Crippen molar-refractivity contribution in [3.63, 3.8) is 0 Å².